The van der Waals surface area contributed by atoms with E-state index in [1.54, 1.807) is 6.20 Å². The average molecular weight is 207 g/mol. The molecule has 0 radical (unpaired) electrons. The molecule has 2 heterocycles. The van der Waals surface area contributed by atoms with Gasteiger partial charge in [-0.1, -0.05) is 0 Å². The van der Waals surface area contributed by atoms with Crippen molar-refractivity contribution in [2.24, 2.45) is 7.05 Å². The van der Waals surface area contributed by atoms with Gasteiger partial charge in [0.2, 0.25) is 0 Å². The van der Waals surface area contributed by atoms with Crippen LogP contribution in [0.5, 0.6) is 0 Å². The SMILES string of the molecule is Cc1ccc(CNc2ccnn2C)s1. The minimum Gasteiger partial charge on any atom is -0.365 e. The van der Waals surface area contributed by atoms with Gasteiger partial charge in [0.15, 0.2) is 0 Å². The van der Waals surface area contributed by atoms with Crippen LogP contribution in [-0.2, 0) is 13.6 Å². The number of thiophene rings is 1. The van der Waals surface area contributed by atoms with Crippen LogP contribution in [-0.4, -0.2) is 9.78 Å². The molecule has 2 aromatic rings. The van der Waals surface area contributed by atoms with Crippen molar-refractivity contribution in [3.05, 3.63) is 34.2 Å². The Morgan fingerprint density at radius 2 is 2.29 bits per heavy atom. The molecule has 1 N–H and O–H groups in total. The number of rotatable bonds is 3. The smallest absolute Gasteiger partial charge is 0.124 e. The van der Waals surface area contributed by atoms with Gasteiger partial charge in [-0.3, -0.25) is 4.68 Å². The fourth-order valence-electron chi connectivity index (χ4n) is 1.31. The predicted octanol–water partition coefficient (Wildman–Crippen LogP) is 2.40. The van der Waals surface area contributed by atoms with Crippen molar-refractivity contribution in [2.45, 2.75) is 13.5 Å². The van der Waals surface area contributed by atoms with Crippen LogP contribution in [0.15, 0.2) is 24.4 Å². The maximum atomic E-state index is 4.09. The second-order valence-corrected chi connectivity index (χ2v) is 4.58. The molecule has 0 atom stereocenters. The van der Waals surface area contributed by atoms with Crippen LogP contribution < -0.4 is 5.32 Å². The van der Waals surface area contributed by atoms with Crippen molar-refractivity contribution in [3.63, 3.8) is 0 Å². The molecule has 0 saturated heterocycles. The van der Waals surface area contributed by atoms with Gasteiger partial charge in [-0.05, 0) is 19.1 Å². The summed E-state index contributed by atoms with van der Waals surface area (Å²) in [6.45, 7) is 3.00. The normalized spacial score (nSPS) is 10.4. The Morgan fingerprint density at radius 3 is 2.86 bits per heavy atom. The monoisotopic (exact) mass is 207 g/mol. The highest BCUT2D eigenvalue weighted by atomic mass is 32.1. The van der Waals surface area contributed by atoms with Crippen LogP contribution in [0.3, 0.4) is 0 Å². The maximum absolute atomic E-state index is 4.09. The van der Waals surface area contributed by atoms with Crippen LogP contribution in [0.4, 0.5) is 5.82 Å². The lowest BCUT2D eigenvalue weighted by Gasteiger charge is -2.03. The van der Waals surface area contributed by atoms with Gasteiger partial charge in [-0.2, -0.15) is 5.10 Å². The Balaban J connectivity index is 1.98. The van der Waals surface area contributed by atoms with Crippen LogP contribution in [0.2, 0.25) is 0 Å². The Kier molecular flexibility index (Phi) is 2.54. The maximum Gasteiger partial charge on any atom is 0.124 e. The van der Waals surface area contributed by atoms with E-state index in [0.29, 0.717) is 0 Å². The van der Waals surface area contributed by atoms with E-state index in [2.05, 4.69) is 29.5 Å². The molecular weight excluding hydrogens is 194 g/mol. The molecule has 0 amide bonds. The average Bonchev–Trinajstić information content (AvgIpc) is 2.72. The topological polar surface area (TPSA) is 29.9 Å². The highest BCUT2D eigenvalue weighted by Gasteiger charge is 1.99. The largest absolute Gasteiger partial charge is 0.365 e. The van der Waals surface area contributed by atoms with E-state index in [9.17, 15) is 0 Å². The van der Waals surface area contributed by atoms with Crippen LogP contribution in [0, 0.1) is 6.92 Å². The van der Waals surface area contributed by atoms with E-state index in [0.717, 1.165) is 12.4 Å². The number of hydrogen-bond donors (Lipinski definition) is 1. The number of aromatic nitrogens is 2. The zero-order valence-electron chi connectivity index (χ0n) is 8.32. The van der Waals surface area contributed by atoms with Crippen molar-refractivity contribution in [1.82, 2.24) is 9.78 Å². The first-order valence-electron chi connectivity index (χ1n) is 4.53. The fourth-order valence-corrected chi connectivity index (χ4v) is 2.14. The van der Waals surface area contributed by atoms with E-state index in [1.165, 1.54) is 9.75 Å². The van der Waals surface area contributed by atoms with Gasteiger partial charge in [-0.15, -0.1) is 11.3 Å². The van der Waals surface area contributed by atoms with E-state index < -0.39 is 0 Å². The van der Waals surface area contributed by atoms with Crippen molar-refractivity contribution in [3.8, 4) is 0 Å². The van der Waals surface area contributed by atoms with E-state index in [4.69, 9.17) is 0 Å². The molecule has 0 aromatic carbocycles. The zero-order chi connectivity index (χ0) is 9.97. The Bertz CT molecular complexity index is 416. The third-order valence-corrected chi connectivity index (χ3v) is 3.06. The Morgan fingerprint density at radius 1 is 1.43 bits per heavy atom. The third kappa shape index (κ3) is 1.96. The Labute approximate surface area is 87.4 Å². The number of nitrogens with zero attached hydrogens (tertiary/aromatic N) is 2. The molecule has 3 nitrogen and oxygen atoms in total. The van der Waals surface area contributed by atoms with Gasteiger partial charge in [0.25, 0.3) is 0 Å². The highest BCUT2D eigenvalue weighted by molar-refractivity contribution is 7.11. The van der Waals surface area contributed by atoms with Crippen molar-refractivity contribution >= 4 is 17.2 Å². The summed E-state index contributed by atoms with van der Waals surface area (Å²) in [6.07, 6.45) is 1.79. The first-order chi connectivity index (χ1) is 6.75. The summed E-state index contributed by atoms with van der Waals surface area (Å²) in [5, 5.41) is 7.43. The van der Waals surface area contributed by atoms with Crippen LogP contribution >= 0.6 is 11.3 Å². The van der Waals surface area contributed by atoms with Gasteiger partial charge >= 0.3 is 0 Å². The molecule has 4 heteroatoms. The summed E-state index contributed by atoms with van der Waals surface area (Å²) < 4.78 is 1.83. The zero-order valence-corrected chi connectivity index (χ0v) is 9.14. The van der Waals surface area contributed by atoms with Crippen molar-refractivity contribution < 1.29 is 0 Å². The second-order valence-electron chi connectivity index (χ2n) is 3.21. The summed E-state index contributed by atoms with van der Waals surface area (Å²) in [7, 11) is 1.93. The molecule has 0 aliphatic carbocycles. The Hall–Kier alpha value is -1.29. The van der Waals surface area contributed by atoms with E-state index in [1.807, 2.05) is 29.1 Å². The molecular formula is C10H13N3S. The molecule has 0 aliphatic heterocycles. The van der Waals surface area contributed by atoms with Gasteiger partial charge in [0.05, 0.1) is 12.7 Å². The van der Waals surface area contributed by atoms with Gasteiger partial charge in [0.1, 0.15) is 5.82 Å². The summed E-state index contributed by atoms with van der Waals surface area (Å²) >= 11 is 1.82. The predicted molar refractivity (Wildman–Crippen MR) is 59.6 cm³/mol. The molecule has 2 rings (SSSR count). The molecule has 74 valence electrons. The minimum atomic E-state index is 0.873. The number of nitrogens with one attached hydrogen (secondary N) is 1. The first-order valence-corrected chi connectivity index (χ1v) is 5.34. The lowest BCUT2D eigenvalue weighted by atomic mass is 10.4. The molecule has 0 unspecified atom stereocenters. The molecule has 14 heavy (non-hydrogen) atoms. The second kappa shape index (κ2) is 3.84. The van der Waals surface area contributed by atoms with E-state index >= 15 is 0 Å². The summed E-state index contributed by atoms with van der Waals surface area (Å²) in [5.74, 6) is 1.05. The summed E-state index contributed by atoms with van der Waals surface area (Å²) in [4.78, 5) is 2.70. The third-order valence-electron chi connectivity index (χ3n) is 2.06. The van der Waals surface area contributed by atoms with Crippen molar-refractivity contribution in [2.75, 3.05) is 5.32 Å². The van der Waals surface area contributed by atoms with Gasteiger partial charge in [0, 0.05) is 22.9 Å². The minimum absolute atomic E-state index is 0.873. The van der Waals surface area contributed by atoms with Crippen LogP contribution in [0.25, 0.3) is 0 Å². The summed E-state index contributed by atoms with van der Waals surface area (Å²) in [6, 6.07) is 6.27. The first kappa shape index (κ1) is 9.27. The van der Waals surface area contributed by atoms with Gasteiger partial charge < -0.3 is 5.32 Å². The van der Waals surface area contributed by atoms with E-state index in [-0.39, 0.29) is 0 Å². The quantitative estimate of drug-likeness (QED) is 0.837. The highest BCUT2D eigenvalue weighted by Crippen LogP contribution is 2.16. The number of aryl methyl sites for hydroxylation is 2. The molecule has 0 aliphatic rings. The molecule has 0 bridgehead atoms. The lowest BCUT2D eigenvalue weighted by Crippen LogP contribution is -2.03. The standard InChI is InChI=1S/C10H13N3S/c1-8-3-4-9(14-8)7-11-10-5-6-12-13(10)2/h3-6,11H,7H2,1-2H3. The molecule has 0 fully saturated rings. The van der Waals surface area contributed by atoms with Gasteiger partial charge in [-0.25, -0.2) is 0 Å². The molecule has 2 aromatic heterocycles. The number of anilines is 1. The number of hydrogen-bond acceptors (Lipinski definition) is 3. The van der Waals surface area contributed by atoms with Crippen LogP contribution in [0.1, 0.15) is 9.75 Å². The molecule has 0 saturated carbocycles. The fraction of sp³-hybridized carbons (Fsp3) is 0.300. The molecule has 0 spiro atoms. The summed E-state index contributed by atoms with van der Waals surface area (Å²) in [5.41, 5.74) is 0. The van der Waals surface area contributed by atoms with Crippen molar-refractivity contribution in [1.29, 1.82) is 0 Å². The lowest BCUT2D eigenvalue weighted by molar-refractivity contribution is 0.769.